The van der Waals surface area contributed by atoms with Crippen LogP contribution in [0.4, 0.5) is 8.78 Å². The van der Waals surface area contributed by atoms with E-state index < -0.39 is 6.61 Å². The van der Waals surface area contributed by atoms with E-state index >= 15 is 0 Å². The van der Waals surface area contributed by atoms with Gasteiger partial charge in [0.2, 0.25) is 0 Å². The number of halogens is 2. The molecule has 1 amide bonds. The Bertz CT molecular complexity index is 828. The number of likely N-dealkylation sites (tertiary alicyclic amines) is 1. The average molecular weight is 419 g/mol. The van der Waals surface area contributed by atoms with Crippen LogP contribution in [0.15, 0.2) is 42.6 Å². The number of carbonyl (C=O) groups excluding carboxylic acids is 1. The number of hydrogen-bond donors (Lipinski definition) is 0. The van der Waals surface area contributed by atoms with E-state index in [0.29, 0.717) is 5.56 Å². The van der Waals surface area contributed by atoms with Crippen LogP contribution in [0.3, 0.4) is 0 Å². The zero-order valence-electron chi connectivity index (χ0n) is 17.3. The topological polar surface area (TPSA) is 54.9 Å². The number of aromatic nitrogens is 1. The van der Waals surface area contributed by atoms with Gasteiger partial charge in [0.05, 0.1) is 7.11 Å². The molecule has 1 aromatic carbocycles. The summed E-state index contributed by atoms with van der Waals surface area (Å²) in [4.78, 5) is 21.4. The van der Waals surface area contributed by atoms with Gasteiger partial charge in [-0.15, -0.1) is 0 Å². The SMILES string of the molecule is COc1cc(C(=O)N(C)C2CCN(CCc3ccccn3)CC2)ccc1OC(F)F. The summed E-state index contributed by atoms with van der Waals surface area (Å²) >= 11 is 0. The van der Waals surface area contributed by atoms with Crippen LogP contribution in [0.5, 0.6) is 11.5 Å². The lowest BCUT2D eigenvalue weighted by Gasteiger charge is -2.36. The predicted octanol–water partition coefficient (Wildman–Crippen LogP) is 3.47. The van der Waals surface area contributed by atoms with Gasteiger partial charge in [-0.3, -0.25) is 9.78 Å². The molecule has 2 aromatic rings. The Labute approximate surface area is 175 Å². The third-order valence-electron chi connectivity index (χ3n) is 5.46. The van der Waals surface area contributed by atoms with E-state index in [-0.39, 0.29) is 23.4 Å². The normalized spacial score (nSPS) is 15.2. The number of piperidine rings is 1. The molecule has 0 aliphatic carbocycles. The van der Waals surface area contributed by atoms with Crippen LogP contribution in [0, 0.1) is 0 Å². The number of methoxy groups -OCH3 is 1. The highest BCUT2D eigenvalue weighted by molar-refractivity contribution is 5.95. The van der Waals surface area contributed by atoms with Crippen LogP contribution in [-0.4, -0.2) is 67.1 Å². The van der Waals surface area contributed by atoms with Gasteiger partial charge in [-0.05, 0) is 43.2 Å². The van der Waals surface area contributed by atoms with Crippen LogP contribution in [0.1, 0.15) is 28.9 Å². The number of carbonyl (C=O) groups is 1. The lowest BCUT2D eigenvalue weighted by molar-refractivity contribution is -0.0512. The molecule has 0 unspecified atom stereocenters. The molecule has 3 rings (SSSR count). The number of nitrogens with zero attached hydrogens (tertiary/aromatic N) is 3. The maximum Gasteiger partial charge on any atom is 0.387 e. The van der Waals surface area contributed by atoms with Gasteiger partial charge in [-0.2, -0.15) is 8.78 Å². The molecule has 1 aliphatic heterocycles. The fourth-order valence-corrected chi connectivity index (χ4v) is 3.71. The standard InChI is InChI=1S/C22H27F2N3O3/c1-26(21(28)16-6-7-19(30-22(23)24)20(15-16)29-2)18-9-13-27(14-10-18)12-8-17-5-3-4-11-25-17/h3-7,11,15,18,22H,8-10,12-14H2,1-2H3. The molecule has 1 aromatic heterocycles. The quantitative estimate of drug-likeness (QED) is 0.656. The van der Waals surface area contributed by atoms with Crippen molar-refractivity contribution in [1.82, 2.24) is 14.8 Å². The molecule has 2 heterocycles. The Morgan fingerprint density at radius 3 is 2.63 bits per heavy atom. The van der Waals surface area contributed by atoms with E-state index in [9.17, 15) is 13.6 Å². The molecule has 6 nitrogen and oxygen atoms in total. The maximum absolute atomic E-state index is 12.9. The van der Waals surface area contributed by atoms with E-state index in [0.717, 1.165) is 44.6 Å². The molecule has 0 radical (unpaired) electrons. The second-order valence-corrected chi connectivity index (χ2v) is 7.30. The predicted molar refractivity (Wildman–Crippen MR) is 109 cm³/mol. The van der Waals surface area contributed by atoms with Crippen molar-refractivity contribution in [2.45, 2.75) is 31.9 Å². The molecule has 1 aliphatic rings. The molecule has 30 heavy (non-hydrogen) atoms. The number of pyridine rings is 1. The first-order valence-corrected chi connectivity index (χ1v) is 10.00. The molecule has 1 fully saturated rings. The van der Waals surface area contributed by atoms with Crippen LogP contribution >= 0.6 is 0 Å². The molecule has 0 saturated carbocycles. The van der Waals surface area contributed by atoms with E-state index in [1.54, 1.807) is 11.9 Å². The van der Waals surface area contributed by atoms with Crippen molar-refractivity contribution in [3.05, 3.63) is 53.9 Å². The highest BCUT2D eigenvalue weighted by atomic mass is 19.3. The Balaban J connectivity index is 1.54. The summed E-state index contributed by atoms with van der Waals surface area (Å²) in [5.41, 5.74) is 1.47. The van der Waals surface area contributed by atoms with Gasteiger partial charge in [0.15, 0.2) is 11.5 Å². The van der Waals surface area contributed by atoms with Gasteiger partial charge in [-0.1, -0.05) is 6.07 Å². The van der Waals surface area contributed by atoms with E-state index in [1.807, 2.05) is 24.4 Å². The summed E-state index contributed by atoms with van der Waals surface area (Å²) in [6.45, 7) is -0.172. The lowest BCUT2D eigenvalue weighted by Crippen LogP contribution is -2.46. The Morgan fingerprint density at radius 2 is 2.00 bits per heavy atom. The number of alkyl halides is 2. The third kappa shape index (κ3) is 5.66. The third-order valence-corrected chi connectivity index (χ3v) is 5.46. The highest BCUT2D eigenvalue weighted by Crippen LogP contribution is 2.30. The summed E-state index contributed by atoms with van der Waals surface area (Å²) < 4.78 is 34.5. The number of ether oxygens (including phenoxy) is 2. The highest BCUT2D eigenvalue weighted by Gasteiger charge is 2.26. The van der Waals surface area contributed by atoms with Crippen molar-refractivity contribution < 1.29 is 23.0 Å². The minimum absolute atomic E-state index is 0.0899. The summed E-state index contributed by atoms with van der Waals surface area (Å²) in [6.07, 6.45) is 4.48. The largest absolute Gasteiger partial charge is 0.493 e. The number of benzene rings is 1. The Hall–Kier alpha value is -2.74. The fraction of sp³-hybridized carbons (Fsp3) is 0.455. The van der Waals surface area contributed by atoms with Crippen molar-refractivity contribution in [2.75, 3.05) is 33.8 Å². The van der Waals surface area contributed by atoms with Gasteiger partial charge < -0.3 is 19.3 Å². The molecule has 0 spiro atoms. The van der Waals surface area contributed by atoms with E-state index in [2.05, 4.69) is 14.6 Å². The first-order valence-electron chi connectivity index (χ1n) is 10.00. The van der Waals surface area contributed by atoms with Gasteiger partial charge >= 0.3 is 6.61 Å². The second-order valence-electron chi connectivity index (χ2n) is 7.30. The summed E-state index contributed by atoms with van der Waals surface area (Å²) in [5, 5.41) is 0. The minimum Gasteiger partial charge on any atom is -0.493 e. The first kappa shape index (κ1) is 22.0. The molecule has 162 valence electrons. The monoisotopic (exact) mass is 419 g/mol. The van der Waals surface area contributed by atoms with Crippen molar-refractivity contribution in [1.29, 1.82) is 0 Å². The van der Waals surface area contributed by atoms with E-state index in [4.69, 9.17) is 4.74 Å². The van der Waals surface area contributed by atoms with Gasteiger partial charge in [-0.25, -0.2) is 0 Å². The van der Waals surface area contributed by atoms with Crippen LogP contribution < -0.4 is 9.47 Å². The van der Waals surface area contributed by atoms with Gasteiger partial charge in [0.1, 0.15) is 0 Å². The van der Waals surface area contributed by atoms with Gasteiger partial charge in [0, 0.05) is 56.6 Å². The zero-order valence-corrected chi connectivity index (χ0v) is 17.3. The lowest BCUT2D eigenvalue weighted by atomic mass is 10.0. The molecule has 8 heteroatoms. The smallest absolute Gasteiger partial charge is 0.387 e. The van der Waals surface area contributed by atoms with Crippen molar-refractivity contribution in [3.8, 4) is 11.5 Å². The Kier molecular flexibility index (Phi) is 7.57. The number of hydrogen-bond acceptors (Lipinski definition) is 5. The molecule has 0 bridgehead atoms. The first-order chi connectivity index (χ1) is 14.5. The molecular formula is C22H27F2N3O3. The molecule has 0 atom stereocenters. The Morgan fingerprint density at radius 1 is 1.23 bits per heavy atom. The molecule has 1 saturated heterocycles. The summed E-state index contributed by atoms with van der Waals surface area (Å²) in [5.74, 6) is -0.143. The number of rotatable bonds is 8. The van der Waals surface area contributed by atoms with Gasteiger partial charge in [0.25, 0.3) is 5.91 Å². The summed E-state index contributed by atoms with van der Waals surface area (Å²) in [7, 11) is 3.14. The second kappa shape index (κ2) is 10.3. The minimum atomic E-state index is -2.95. The van der Waals surface area contributed by atoms with Crippen LogP contribution in [-0.2, 0) is 6.42 Å². The van der Waals surface area contributed by atoms with Crippen molar-refractivity contribution >= 4 is 5.91 Å². The summed E-state index contributed by atoms with van der Waals surface area (Å²) in [6, 6.07) is 10.3. The van der Waals surface area contributed by atoms with E-state index in [1.165, 1.54) is 25.3 Å². The maximum atomic E-state index is 12.9. The van der Waals surface area contributed by atoms with Crippen molar-refractivity contribution in [3.63, 3.8) is 0 Å². The average Bonchev–Trinajstić information content (AvgIpc) is 2.77. The molecule has 0 N–H and O–H groups in total. The van der Waals surface area contributed by atoms with Crippen LogP contribution in [0.2, 0.25) is 0 Å². The number of amides is 1. The fourth-order valence-electron chi connectivity index (χ4n) is 3.71. The zero-order chi connectivity index (χ0) is 21.5. The van der Waals surface area contributed by atoms with Crippen molar-refractivity contribution in [2.24, 2.45) is 0 Å². The molecular weight excluding hydrogens is 392 g/mol. The van der Waals surface area contributed by atoms with Crippen LogP contribution in [0.25, 0.3) is 0 Å².